The first kappa shape index (κ1) is 13.2. The summed E-state index contributed by atoms with van der Waals surface area (Å²) in [7, 11) is 0. The first-order chi connectivity index (χ1) is 9.54. The van der Waals surface area contributed by atoms with Crippen molar-refractivity contribution in [3.05, 3.63) is 34.0 Å². The van der Waals surface area contributed by atoms with Gasteiger partial charge in [-0.05, 0) is 32.8 Å². The van der Waals surface area contributed by atoms with E-state index in [0.717, 1.165) is 22.7 Å². The van der Waals surface area contributed by atoms with E-state index in [9.17, 15) is 4.79 Å². The fourth-order valence-electron chi connectivity index (χ4n) is 2.24. The van der Waals surface area contributed by atoms with Crippen molar-refractivity contribution in [3.63, 3.8) is 0 Å². The summed E-state index contributed by atoms with van der Waals surface area (Å²) in [5.41, 5.74) is 7.10. The topological polar surface area (TPSA) is 72.9 Å². The number of nitrogens with two attached hydrogens (primary N) is 1. The maximum Gasteiger partial charge on any atom is 0.268 e. The summed E-state index contributed by atoms with van der Waals surface area (Å²) in [6.45, 7) is 3.96. The lowest BCUT2D eigenvalue weighted by molar-refractivity contribution is 0.0930. The number of carbonyl (C=O) groups is 1. The molecular formula is C14H18N4OS. The first-order valence-corrected chi connectivity index (χ1v) is 7.57. The van der Waals surface area contributed by atoms with Gasteiger partial charge in [0.1, 0.15) is 10.7 Å². The molecule has 0 saturated heterocycles. The van der Waals surface area contributed by atoms with E-state index >= 15 is 0 Å². The van der Waals surface area contributed by atoms with Gasteiger partial charge in [-0.25, -0.2) is 4.98 Å². The van der Waals surface area contributed by atoms with Gasteiger partial charge < -0.3 is 15.6 Å². The maximum absolute atomic E-state index is 12.4. The van der Waals surface area contributed by atoms with E-state index in [4.69, 9.17) is 5.73 Å². The van der Waals surface area contributed by atoms with Gasteiger partial charge in [-0.3, -0.25) is 4.79 Å². The van der Waals surface area contributed by atoms with Crippen molar-refractivity contribution in [2.45, 2.75) is 38.8 Å². The van der Waals surface area contributed by atoms with E-state index in [-0.39, 0.29) is 11.9 Å². The SMILES string of the molecule is Cc1cnc(C(C)NC(=O)c2cc(N)cn2C2CC2)s1. The van der Waals surface area contributed by atoms with Gasteiger partial charge in [0.05, 0.1) is 11.7 Å². The predicted octanol–water partition coefficient (Wildman–Crippen LogP) is 2.66. The number of amides is 1. The Morgan fingerprint density at radius 2 is 2.35 bits per heavy atom. The highest BCUT2D eigenvalue weighted by atomic mass is 32.1. The number of thiazole rings is 1. The third kappa shape index (κ3) is 2.56. The van der Waals surface area contributed by atoms with Crippen LogP contribution in [0.4, 0.5) is 5.69 Å². The lowest BCUT2D eigenvalue weighted by Crippen LogP contribution is -2.28. The zero-order valence-corrected chi connectivity index (χ0v) is 12.4. The minimum absolute atomic E-state index is 0.0889. The average molecular weight is 290 g/mol. The van der Waals surface area contributed by atoms with Crippen molar-refractivity contribution in [3.8, 4) is 0 Å². The summed E-state index contributed by atoms with van der Waals surface area (Å²) in [4.78, 5) is 17.8. The number of nitrogen functional groups attached to an aromatic ring is 1. The first-order valence-electron chi connectivity index (χ1n) is 6.75. The highest BCUT2D eigenvalue weighted by Crippen LogP contribution is 2.37. The molecule has 0 bridgehead atoms. The number of hydrogen-bond donors (Lipinski definition) is 2. The molecule has 1 amide bonds. The minimum atomic E-state index is -0.0926. The molecule has 1 aliphatic rings. The van der Waals surface area contributed by atoms with Gasteiger partial charge in [-0.2, -0.15) is 0 Å². The van der Waals surface area contributed by atoms with Crippen LogP contribution in [0, 0.1) is 6.92 Å². The third-order valence-electron chi connectivity index (χ3n) is 3.40. The lowest BCUT2D eigenvalue weighted by atomic mass is 10.3. The molecule has 2 heterocycles. The molecule has 0 aromatic carbocycles. The quantitative estimate of drug-likeness (QED) is 0.909. The molecule has 5 nitrogen and oxygen atoms in total. The second-order valence-corrected chi connectivity index (χ2v) is 6.57. The van der Waals surface area contributed by atoms with Gasteiger partial charge in [0.15, 0.2) is 0 Å². The highest BCUT2D eigenvalue weighted by molar-refractivity contribution is 7.11. The van der Waals surface area contributed by atoms with Crippen LogP contribution >= 0.6 is 11.3 Å². The Morgan fingerprint density at radius 3 is 2.95 bits per heavy atom. The van der Waals surface area contributed by atoms with E-state index in [1.54, 1.807) is 17.4 Å². The Bertz CT molecular complexity index is 641. The normalized spacial score (nSPS) is 16.1. The van der Waals surface area contributed by atoms with Crippen LogP contribution in [-0.4, -0.2) is 15.5 Å². The van der Waals surface area contributed by atoms with Gasteiger partial charge in [0.25, 0.3) is 5.91 Å². The molecule has 1 fully saturated rings. The van der Waals surface area contributed by atoms with Crippen LogP contribution in [-0.2, 0) is 0 Å². The Labute approximate surface area is 121 Å². The summed E-state index contributed by atoms with van der Waals surface area (Å²) < 4.78 is 1.99. The Morgan fingerprint density at radius 1 is 1.60 bits per heavy atom. The number of aryl methyl sites for hydroxylation is 1. The van der Waals surface area contributed by atoms with Crippen LogP contribution in [0.3, 0.4) is 0 Å². The van der Waals surface area contributed by atoms with Gasteiger partial charge in [0, 0.05) is 23.3 Å². The standard InChI is InChI=1S/C14H18N4OS/c1-8-6-16-14(20-8)9(2)17-13(19)12-5-10(15)7-18(12)11-3-4-11/h5-7,9,11H,3-4,15H2,1-2H3,(H,17,19). The van der Waals surface area contributed by atoms with Crippen LogP contribution in [0.15, 0.2) is 18.5 Å². The number of nitrogens with zero attached hydrogens (tertiary/aromatic N) is 2. The van der Waals surface area contributed by atoms with Crippen molar-refractivity contribution in [1.82, 2.24) is 14.9 Å². The number of nitrogens with one attached hydrogen (secondary N) is 1. The molecular weight excluding hydrogens is 272 g/mol. The number of aromatic nitrogens is 2. The molecule has 0 aliphatic heterocycles. The zero-order chi connectivity index (χ0) is 14.3. The van der Waals surface area contributed by atoms with Crippen LogP contribution in [0.2, 0.25) is 0 Å². The molecule has 1 aliphatic carbocycles. The Kier molecular flexibility index (Phi) is 3.25. The van der Waals surface area contributed by atoms with Gasteiger partial charge >= 0.3 is 0 Å². The van der Waals surface area contributed by atoms with Crippen molar-refractivity contribution < 1.29 is 4.79 Å². The largest absolute Gasteiger partial charge is 0.397 e. The predicted molar refractivity (Wildman–Crippen MR) is 79.8 cm³/mol. The molecule has 2 aromatic rings. The van der Waals surface area contributed by atoms with Crippen molar-refractivity contribution in [1.29, 1.82) is 0 Å². The summed E-state index contributed by atoms with van der Waals surface area (Å²) in [5, 5.41) is 3.92. The molecule has 1 atom stereocenters. The van der Waals surface area contributed by atoms with Crippen LogP contribution in [0.5, 0.6) is 0 Å². The number of carbonyl (C=O) groups excluding carboxylic acids is 1. The monoisotopic (exact) mass is 290 g/mol. The molecule has 0 radical (unpaired) electrons. The average Bonchev–Trinajstić information content (AvgIpc) is 3.03. The summed E-state index contributed by atoms with van der Waals surface area (Å²) in [6.07, 6.45) is 5.92. The van der Waals surface area contributed by atoms with Crippen molar-refractivity contribution in [2.24, 2.45) is 0 Å². The second-order valence-electron chi connectivity index (χ2n) is 5.30. The molecule has 2 aromatic heterocycles. The highest BCUT2D eigenvalue weighted by Gasteiger charge is 2.28. The second kappa shape index (κ2) is 4.94. The number of hydrogen-bond acceptors (Lipinski definition) is 4. The summed E-state index contributed by atoms with van der Waals surface area (Å²) >= 11 is 1.60. The van der Waals surface area contributed by atoms with Crippen molar-refractivity contribution in [2.75, 3.05) is 5.73 Å². The fourth-order valence-corrected chi connectivity index (χ4v) is 3.02. The number of anilines is 1. The minimum Gasteiger partial charge on any atom is -0.397 e. The Hall–Kier alpha value is -1.82. The van der Waals surface area contributed by atoms with Gasteiger partial charge in [0.2, 0.25) is 0 Å². The molecule has 1 unspecified atom stereocenters. The van der Waals surface area contributed by atoms with E-state index < -0.39 is 0 Å². The van der Waals surface area contributed by atoms with E-state index in [2.05, 4.69) is 10.3 Å². The van der Waals surface area contributed by atoms with Crippen molar-refractivity contribution >= 4 is 22.9 Å². The van der Waals surface area contributed by atoms with Gasteiger partial charge in [-0.1, -0.05) is 0 Å². The Balaban J connectivity index is 1.76. The maximum atomic E-state index is 12.4. The van der Waals surface area contributed by atoms with Crippen LogP contribution in [0.1, 0.15) is 52.2 Å². The van der Waals surface area contributed by atoms with Crippen LogP contribution < -0.4 is 11.1 Å². The summed E-state index contributed by atoms with van der Waals surface area (Å²) in [5.74, 6) is -0.0889. The van der Waals surface area contributed by atoms with E-state index in [1.807, 2.05) is 30.8 Å². The lowest BCUT2D eigenvalue weighted by Gasteiger charge is -2.12. The molecule has 20 heavy (non-hydrogen) atoms. The smallest absolute Gasteiger partial charge is 0.268 e. The number of rotatable bonds is 4. The summed E-state index contributed by atoms with van der Waals surface area (Å²) in [6, 6.07) is 2.09. The van der Waals surface area contributed by atoms with E-state index in [0.29, 0.717) is 17.4 Å². The van der Waals surface area contributed by atoms with Crippen LogP contribution in [0.25, 0.3) is 0 Å². The molecule has 0 spiro atoms. The molecule has 3 N–H and O–H groups in total. The molecule has 1 saturated carbocycles. The van der Waals surface area contributed by atoms with Gasteiger partial charge in [-0.15, -0.1) is 11.3 Å². The molecule has 6 heteroatoms. The van der Waals surface area contributed by atoms with E-state index in [1.165, 1.54) is 0 Å². The molecule has 106 valence electrons. The fraction of sp³-hybridized carbons (Fsp3) is 0.429. The third-order valence-corrected chi connectivity index (χ3v) is 4.50. The zero-order valence-electron chi connectivity index (χ0n) is 11.6. The molecule has 3 rings (SSSR count).